The summed E-state index contributed by atoms with van der Waals surface area (Å²) < 4.78 is 4.95. The molecule has 2 amide bonds. The first-order valence-electron chi connectivity index (χ1n) is 4.56. The number of hydrogen-bond acceptors (Lipinski definition) is 4. The average molecular weight is 201 g/mol. The molecule has 0 aromatic carbocycles. The Kier molecular flexibility index (Phi) is 3.10. The molecular weight excluding hydrogens is 186 g/mol. The van der Waals surface area contributed by atoms with Crippen molar-refractivity contribution in [3.63, 3.8) is 0 Å². The summed E-state index contributed by atoms with van der Waals surface area (Å²) in [5.41, 5.74) is -0.620. The zero-order valence-corrected chi connectivity index (χ0v) is 8.65. The third-order valence-electron chi connectivity index (χ3n) is 1.46. The predicted octanol–water partition coefficient (Wildman–Crippen LogP) is 1.47. The molecule has 0 radical (unpaired) electrons. The first-order valence-corrected chi connectivity index (χ1v) is 4.56. The highest BCUT2D eigenvalue weighted by Crippen LogP contribution is 2.24. The van der Waals surface area contributed by atoms with E-state index in [2.05, 4.69) is 0 Å². The number of hydrogen-bond donors (Lipinski definition) is 0. The van der Waals surface area contributed by atoms with Crippen LogP contribution < -0.4 is 0 Å². The number of ether oxygens (including phenoxy) is 1. The lowest BCUT2D eigenvalue weighted by Gasteiger charge is -2.22. The number of carbonyl (C=O) groups is 2. The molecule has 0 atom stereocenters. The molecule has 0 spiro atoms. The third-order valence-corrected chi connectivity index (χ3v) is 1.46. The maximum absolute atomic E-state index is 11.3. The summed E-state index contributed by atoms with van der Waals surface area (Å²) in [4.78, 5) is 26.8. The summed E-state index contributed by atoms with van der Waals surface area (Å²) in [5, 5.41) is 0.614. The Labute approximate surface area is 82.9 Å². The third kappa shape index (κ3) is 3.74. The Hall–Kier alpha value is -1.10. The number of hydroxylamine groups is 2. The maximum Gasteiger partial charge on any atom is 0.441 e. The van der Waals surface area contributed by atoms with Crippen molar-refractivity contribution in [2.75, 3.05) is 0 Å². The molecule has 5 nitrogen and oxygen atoms in total. The summed E-state index contributed by atoms with van der Waals surface area (Å²) >= 11 is 0. The summed E-state index contributed by atoms with van der Waals surface area (Å²) in [6.07, 6.45) is 1.32. The van der Waals surface area contributed by atoms with Crippen molar-refractivity contribution in [2.24, 2.45) is 0 Å². The molecule has 5 heteroatoms. The van der Waals surface area contributed by atoms with Gasteiger partial charge in [-0.25, -0.2) is 4.79 Å². The Morgan fingerprint density at radius 2 is 2.00 bits per heavy atom. The topological polar surface area (TPSA) is 55.8 Å². The highest BCUT2D eigenvalue weighted by Gasteiger charge is 2.30. The van der Waals surface area contributed by atoms with E-state index in [4.69, 9.17) is 9.57 Å². The Morgan fingerprint density at radius 3 is 2.36 bits per heavy atom. The van der Waals surface area contributed by atoms with Crippen molar-refractivity contribution in [1.82, 2.24) is 5.06 Å². The lowest BCUT2D eigenvalue weighted by atomic mass is 10.2. The van der Waals surface area contributed by atoms with Gasteiger partial charge in [0.25, 0.3) is 0 Å². The van der Waals surface area contributed by atoms with Crippen LogP contribution in [-0.4, -0.2) is 29.3 Å². The van der Waals surface area contributed by atoms with Gasteiger partial charge in [-0.15, -0.1) is 5.06 Å². The first kappa shape index (κ1) is 11.0. The number of imide groups is 1. The zero-order chi connectivity index (χ0) is 10.8. The molecule has 14 heavy (non-hydrogen) atoms. The van der Waals surface area contributed by atoms with Gasteiger partial charge in [-0.2, -0.15) is 0 Å². The fourth-order valence-electron chi connectivity index (χ4n) is 0.752. The van der Waals surface area contributed by atoms with Crippen molar-refractivity contribution >= 4 is 12.5 Å². The molecule has 1 rings (SSSR count). The van der Waals surface area contributed by atoms with Crippen LogP contribution in [0.15, 0.2) is 0 Å². The minimum atomic E-state index is -0.764. The van der Waals surface area contributed by atoms with E-state index in [0.717, 1.165) is 12.8 Å². The molecule has 0 aromatic rings. The molecule has 1 aliphatic rings. The molecular formula is C9H15NO4. The van der Waals surface area contributed by atoms with Gasteiger partial charge in [-0.05, 0) is 33.6 Å². The van der Waals surface area contributed by atoms with Gasteiger partial charge in [0.2, 0.25) is 6.41 Å². The number of amides is 2. The fourth-order valence-corrected chi connectivity index (χ4v) is 0.752. The second-order valence-electron chi connectivity index (χ2n) is 4.22. The molecule has 0 unspecified atom stereocenters. The van der Waals surface area contributed by atoms with Gasteiger partial charge in [0, 0.05) is 0 Å². The lowest BCUT2D eigenvalue weighted by molar-refractivity contribution is -0.168. The van der Waals surface area contributed by atoms with Crippen LogP contribution in [0.1, 0.15) is 33.6 Å². The molecule has 0 heterocycles. The SMILES string of the molecule is CC(C)(C)OC(=O)N(C=O)OC1CC1. The van der Waals surface area contributed by atoms with E-state index in [9.17, 15) is 9.59 Å². The van der Waals surface area contributed by atoms with E-state index in [1.807, 2.05) is 0 Å². The van der Waals surface area contributed by atoms with Crippen LogP contribution >= 0.6 is 0 Å². The van der Waals surface area contributed by atoms with Crippen LogP contribution in [0.5, 0.6) is 0 Å². The lowest BCUT2D eigenvalue weighted by Crippen LogP contribution is -2.36. The maximum atomic E-state index is 11.3. The van der Waals surface area contributed by atoms with Crippen molar-refractivity contribution in [3.8, 4) is 0 Å². The standard InChI is InChI=1S/C9H15NO4/c1-9(2,3)13-8(12)10(6-11)14-7-4-5-7/h6-7H,4-5H2,1-3H3. The van der Waals surface area contributed by atoms with Crippen molar-refractivity contribution in [3.05, 3.63) is 0 Å². The van der Waals surface area contributed by atoms with Crippen LogP contribution in [0.4, 0.5) is 4.79 Å². The summed E-state index contributed by atoms with van der Waals surface area (Å²) in [7, 11) is 0. The Bertz CT molecular complexity index is 229. The highest BCUT2D eigenvalue weighted by atomic mass is 16.7. The van der Waals surface area contributed by atoms with Crippen LogP contribution in [0.3, 0.4) is 0 Å². The van der Waals surface area contributed by atoms with Gasteiger partial charge in [0.15, 0.2) is 0 Å². The van der Waals surface area contributed by atoms with E-state index >= 15 is 0 Å². The molecule has 1 aliphatic carbocycles. The second-order valence-corrected chi connectivity index (χ2v) is 4.22. The normalized spacial score (nSPS) is 16.2. The van der Waals surface area contributed by atoms with E-state index < -0.39 is 11.7 Å². The van der Waals surface area contributed by atoms with E-state index in [0.29, 0.717) is 11.5 Å². The Morgan fingerprint density at radius 1 is 1.43 bits per heavy atom. The zero-order valence-electron chi connectivity index (χ0n) is 8.65. The molecule has 0 N–H and O–H groups in total. The average Bonchev–Trinajstić information content (AvgIpc) is 2.79. The van der Waals surface area contributed by atoms with Crippen molar-refractivity contribution in [2.45, 2.75) is 45.3 Å². The largest absolute Gasteiger partial charge is 0.442 e. The highest BCUT2D eigenvalue weighted by molar-refractivity contribution is 5.78. The summed E-state index contributed by atoms with van der Waals surface area (Å²) in [5.74, 6) is 0. The van der Waals surface area contributed by atoms with Crippen LogP contribution in [0.2, 0.25) is 0 Å². The van der Waals surface area contributed by atoms with Gasteiger partial charge in [0.05, 0.1) is 6.10 Å². The minimum Gasteiger partial charge on any atom is -0.442 e. The molecule has 0 bridgehead atoms. The second kappa shape index (κ2) is 3.96. The predicted molar refractivity (Wildman–Crippen MR) is 48.2 cm³/mol. The van der Waals surface area contributed by atoms with Gasteiger partial charge in [0.1, 0.15) is 5.60 Å². The molecule has 0 saturated heterocycles. The monoisotopic (exact) mass is 201 g/mol. The van der Waals surface area contributed by atoms with Crippen LogP contribution in [0.25, 0.3) is 0 Å². The summed E-state index contributed by atoms with van der Waals surface area (Å²) in [6, 6.07) is 0. The van der Waals surface area contributed by atoms with Gasteiger partial charge in [-0.3, -0.25) is 9.63 Å². The van der Waals surface area contributed by atoms with Crippen molar-refractivity contribution in [1.29, 1.82) is 0 Å². The molecule has 0 aromatic heterocycles. The van der Waals surface area contributed by atoms with Crippen LogP contribution in [0, 0.1) is 0 Å². The smallest absolute Gasteiger partial charge is 0.441 e. The fraction of sp³-hybridized carbons (Fsp3) is 0.778. The number of rotatable bonds is 3. The van der Waals surface area contributed by atoms with Gasteiger partial charge >= 0.3 is 6.09 Å². The van der Waals surface area contributed by atoms with Crippen LogP contribution in [-0.2, 0) is 14.4 Å². The first-order chi connectivity index (χ1) is 6.42. The van der Waals surface area contributed by atoms with E-state index in [1.165, 1.54) is 0 Å². The molecule has 1 saturated carbocycles. The van der Waals surface area contributed by atoms with Crippen molar-refractivity contribution < 1.29 is 19.2 Å². The number of carbonyl (C=O) groups excluding carboxylic acids is 2. The van der Waals surface area contributed by atoms with E-state index in [1.54, 1.807) is 20.8 Å². The number of nitrogens with zero attached hydrogens (tertiary/aromatic N) is 1. The summed E-state index contributed by atoms with van der Waals surface area (Å²) in [6.45, 7) is 5.18. The molecule has 0 aliphatic heterocycles. The Balaban J connectivity index is 2.42. The van der Waals surface area contributed by atoms with Gasteiger partial charge < -0.3 is 4.74 Å². The van der Waals surface area contributed by atoms with Gasteiger partial charge in [-0.1, -0.05) is 0 Å². The molecule has 1 fully saturated rings. The minimum absolute atomic E-state index is 0.00674. The quantitative estimate of drug-likeness (QED) is 0.512. The molecule has 80 valence electrons. The van der Waals surface area contributed by atoms with E-state index in [-0.39, 0.29) is 6.10 Å².